The van der Waals surface area contributed by atoms with Gasteiger partial charge in [-0.1, -0.05) is 63.7 Å². The maximum Gasteiger partial charge on any atom is 0.226 e. The maximum absolute atomic E-state index is 5.23. The molecule has 0 amide bonds. The lowest BCUT2D eigenvalue weighted by Crippen LogP contribution is -2.46. The molecule has 2 aromatic carbocycles. The van der Waals surface area contributed by atoms with Crippen molar-refractivity contribution >= 4 is 11.8 Å². The molecule has 0 spiro atoms. The molecule has 2 N–H and O–H groups in total. The first-order valence-electron chi connectivity index (χ1n) is 9.96. The number of ether oxygens (including phenoxy) is 1. The fraction of sp³-hybridized carbons (Fsp3) is 0.250. The molecule has 2 aliphatic rings. The highest BCUT2D eigenvalue weighted by atomic mass is 16.5. The van der Waals surface area contributed by atoms with Crippen molar-refractivity contribution in [2.24, 2.45) is 9.98 Å². The van der Waals surface area contributed by atoms with E-state index in [0.29, 0.717) is 18.3 Å². The largest absolute Gasteiger partial charge is 0.497 e. The van der Waals surface area contributed by atoms with Crippen molar-refractivity contribution in [1.82, 2.24) is 15.8 Å². The van der Waals surface area contributed by atoms with Gasteiger partial charge in [0.25, 0.3) is 0 Å². The van der Waals surface area contributed by atoms with Gasteiger partial charge in [-0.25, -0.2) is 10.0 Å². The van der Waals surface area contributed by atoms with Crippen LogP contribution < -0.4 is 15.5 Å². The van der Waals surface area contributed by atoms with E-state index in [2.05, 4.69) is 62.4 Å². The minimum absolute atomic E-state index is 0.105. The molecule has 154 valence electrons. The number of nitrogens with zero attached hydrogens (tertiary/aromatic N) is 3. The van der Waals surface area contributed by atoms with E-state index in [9.17, 15) is 0 Å². The van der Waals surface area contributed by atoms with Gasteiger partial charge in [-0.2, -0.15) is 4.99 Å². The molecule has 0 fully saturated rings. The van der Waals surface area contributed by atoms with Crippen LogP contribution in [-0.2, 0) is 12.0 Å². The van der Waals surface area contributed by atoms with E-state index in [4.69, 9.17) is 14.7 Å². The highest BCUT2D eigenvalue weighted by Gasteiger charge is 2.27. The summed E-state index contributed by atoms with van der Waals surface area (Å²) < 4.78 is 5.23. The van der Waals surface area contributed by atoms with Crippen LogP contribution in [-0.4, -0.2) is 23.9 Å². The van der Waals surface area contributed by atoms with Gasteiger partial charge in [-0.15, -0.1) is 0 Å². The average molecular weight is 402 g/mol. The van der Waals surface area contributed by atoms with Crippen molar-refractivity contribution in [1.29, 1.82) is 0 Å². The summed E-state index contributed by atoms with van der Waals surface area (Å²) >= 11 is 0. The molecule has 2 aliphatic heterocycles. The number of rotatable bonds is 4. The number of hydrogen-bond acceptors (Lipinski definition) is 6. The highest BCUT2D eigenvalue weighted by molar-refractivity contribution is 6.08. The molecule has 4 rings (SSSR count). The second-order valence-electron chi connectivity index (χ2n) is 8.37. The minimum atomic E-state index is 0.105. The van der Waals surface area contributed by atoms with Crippen LogP contribution in [0.5, 0.6) is 5.75 Å². The Bertz CT molecular complexity index is 1040. The molecule has 0 saturated carbocycles. The summed E-state index contributed by atoms with van der Waals surface area (Å²) in [6.07, 6.45) is 1.91. The van der Waals surface area contributed by atoms with Crippen molar-refractivity contribution < 1.29 is 4.74 Å². The van der Waals surface area contributed by atoms with Gasteiger partial charge in [-0.05, 0) is 28.7 Å². The molecule has 0 atom stereocenters. The Morgan fingerprint density at radius 1 is 1.03 bits per heavy atom. The Balaban J connectivity index is 1.59. The molecule has 0 aliphatic carbocycles. The monoisotopic (exact) mass is 401 g/mol. The molecule has 6 heteroatoms. The second kappa shape index (κ2) is 7.71. The SMILES string of the molecule is C=C1C=C2N=C(c3ccc(C(C)(C)C)cc3)N=C(NCc3ccc(OC)cc3)N2N1. The number of hydrogen-bond donors (Lipinski definition) is 2. The van der Waals surface area contributed by atoms with E-state index >= 15 is 0 Å². The van der Waals surface area contributed by atoms with Crippen LogP contribution in [0.1, 0.15) is 37.5 Å². The van der Waals surface area contributed by atoms with Gasteiger partial charge < -0.3 is 10.1 Å². The summed E-state index contributed by atoms with van der Waals surface area (Å²) in [5.74, 6) is 2.96. The van der Waals surface area contributed by atoms with Gasteiger partial charge in [0.05, 0.1) is 12.8 Å². The first kappa shape index (κ1) is 19.8. The topological polar surface area (TPSA) is 61.3 Å². The lowest BCUT2D eigenvalue weighted by Gasteiger charge is -2.26. The summed E-state index contributed by atoms with van der Waals surface area (Å²) in [4.78, 5) is 9.50. The zero-order chi connectivity index (χ0) is 21.3. The van der Waals surface area contributed by atoms with Gasteiger partial charge in [-0.3, -0.25) is 5.43 Å². The number of fused-ring (bicyclic) bond motifs is 1. The van der Waals surface area contributed by atoms with Crippen molar-refractivity contribution in [3.8, 4) is 5.75 Å². The predicted molar refractivity (Wildman–Crippen MR) is 121 cm³/mol. The van der Waals surface area contributed by atoms with Crippen LogP contribution in [0.2, 0.25) is 0 Å². The molecule has 6 nitrogen and oxygen atoms in total. The summed E-state index contributed by atoms with van der Waals surface area (Å²) in [7, 11) is 1.67. The third-order valence-corrected chi connectivity index (χ3v) is 5.05. The van der Waals surface area contributed by atoms with Crippen LogP contribution in [0.25, 0.3) is 0 Å². The molecule has 0 aromatic heterocycles. The Hall–Kier alpha value is -3.54. The summed E-state index contributed by atoms with van der Waals surface area (Å²) in [6.45, 7) is 11.2. The van der Waals surface area contributed by atoms with Crippen LogP contribution >= 0.6 is 0 Å². The minimum Gasteiger partial charge on any atom is -0.497 e. The van der Waals surface area contributed by atoms with E-state index in [1.54, 1.807) is 7.11 Å². The number of aliphatic imine (C=N–C) groups is 2. The molecule has 0 radical (unpaired) electrons. The maximum atomic E-state index is 5.23. The van der Waals surface area contributed by atoms with Crippen LogP contribution in [0, 0.1) is 0 Å². The van der Waals surface area contributed by atoms with Crippen molar-refractivity contribution in [3.63, 3.8) is 0 Å². The Morgan fingerprint density at radius 3 is 2.37 bits per heavy atom. The summed E-state index contributed by atoms with van der Waals surface area (Å²) in [5, 5.41) is 5.23. The average Bonchev–Trinajstić information content (AvgIpc) is 3.12. The number of allylic oxidation sites excluding steroid dienone is 1. The molecule has 2 heterocycles. The molecule has 30 heavy (non-hydrogen) atoms. The lowest BCUT2D eigenvalue weighted by molar-refractivity contribution is 0.414. The first-order valence-corrected chi connectivity index (χ1v) is 9.96. The quantitative estimate of drug-likeness (QED) is 0.811. The van der Waals surface area contributed by atoms with E-state index in [-0.39, 0.29) is 5.41 Å². The molecule has 0 saturated heterocycles. The van der Waals surface area contributed by atoms with E-state index < -0.39 is 0 Å². The lowest BCUT2D eigenvalue weighted by atomic mass is 9.86. The zero-order valence-electron chi connectivity index (χ0n) is 17.9. The Morgan fingerprint density at radius 2 is 1.73 bits per heavy atom. The standard InChI is InChI=1S/C24H27N5O/c1-16-14-21-26-22(18-8-10-19(11-9-18)24(2,3)4)27-23(29(21)28-16)25-15-17-6-12-20(30-5)13-7-17/h6-14,28H,1,15H2,2-5H3,(H,25,26,27). The van der Waals surface area contributed by atoms with E-state index in [1.807, 2.05) is 35.4 Å². The van der Waals surface area contributed by atoms with Gasteiger partial charge >= 0.3 is 0 Å². The zero-order valence-corrected chi connectivity index (χ0v) is 17.9. The van der Waals surface area contributed by atoms with Crippen molar-refractivity contribution in [2.75, 3.05) is 7.11 Å². The number of amidine groups is 1. The van der Waals surface area contributed by atoms with E-state index in [0.717, 1.165) is 28.4 Å². The van der Waals surface area contributed by atoms with Gasteiger partial charge in [0, 0.05) is 18.2 Å². The number of hydrazine groups is 1. The van der Waals surface area contributed by atoms with Gasteiger partial charge in [0.15, 0.2) is 11.7 Å². The number of benzene rings is 2. The number of methoxy groups -OCH3 is 1. The van der Waals surface area contributed by atoms with E-state index in [1.165, 1.54) is 5.56 Å². The third kappa shape index (κ3) is 4.08. The smallest absolute Gasteiger partial charge is 0.226 e. The van der Waals surface area contributed by atoms with Crippen LogP contribution in [0.3, 0.4) is 0 Å². The predicted octanol–water partition coefficient (Wildman–Crippen LogP) is 4.07. The third-order valence-electron chi connectivity index (χ3n) is 5.05. The fourth-order valence-corrected chi connectivity index (χ4v) is 3.27. The molecule has 0 unspecified atom stereocenters. The molecular weight excluding hydrogens is 374 g/mol. The summed E-state index contributed by atoms with van der Waals surface area (Å²) in [5.41, 5.74) is 7.45. The molecule has 0 bridgehead atoms. The second-order valence-corrected chi connectivity index (χ2v) is 8.37. The van der Waals surface area contributed by atoms with Crippen molar-refractivity contribution in [2.45, 2.75) is 32.7 Å². The van der Waals surface area contributed by atoms with Crippen molar-refractivity contribution in [3.05, 3.63) is 89.4 Å². The number of nitrogens with one attached hydrogen (secondary N) is 2. The summed E-state index contributed by atoms with van der Waals surface area (Å²) in [6, 6.07) is 16.4. The molecule has 2 aromatic rings. The fourth-order valence-electron chi connectivity index (χ4n) is 3.27. The normalized spacial score (nSPS) is 15.7. The van der Waals surface area contributed by atoms with Crippen LogP contribution in [0.15, 0.2) is 82.7 Å². The van der Waals surface area contributed by atoms with Gasteiger partial charge in [0.2, 0.25) is 5.96 Å². The molecular formula is C24H27N5O. The number of guanidine groups is 1. The Labute approximate surface area is 177 Å². The Kier molecular flexibility index (Phi) is 5.08. The van der Waals surface area contributed by atoms with Gasteiger partial charge in [0.1, 0.15) is 5.75 Å². The first-order chi connectivity index (χ1) is 14.3. The van der Waals surface area contributed by atoms with Crippen LogP contribution in [0.4, 0.5) is 0 Å². The highest BCUT2D eigenvalue weighted by Crippen LogP contribution is 2.25.